The summed E-state index contributed by atoms with van der Waals surface area (Å²) in [5.41, 5.74) is 0.0786. The van der Waals surface area contributed by atoms with Crippen LogP contribution in [0.4, 0.5) is 10.1 Å². The molecule has 1 aromatic carbocycles. The number of hydrogen-bond donors (Lipinski definition) is 1. The van der Waals surface area contributed by atoms with E-state index in [9.17, 15) is 14.0 Å². The molecule has 4 nitrogen and oxygen atoms in total. The maximum Gasteiger partial charge on any atom is 0.250 e. The second-order valence-electron chi connectivity index (χ2n) is 4.81. The molecule has 6 heteroatoms. The number of halogens is 2. The summed E-state index contributed by atoms with van der Waals surface area (Å²) >= 11 is 5.68. The van der Waals surface area contributed by atoms with Crippen LogP contribution in [0, 0.1) is 11.7 Å². The van der Waals surface area contributed by atoms with Crippen LogP contribution >= 0.6 is 11.6 Å². The molecule has 0 saturated carbocycles. The highest BCUT2D eigenvalue weighted by atomic mass is 35.5. The molecule has 19 heavy (non-hydrogen) atoms. The van der Waals surface area contributed by atoms with E-state index < -0.39 is 11.9 Å². The van der Waals surface area contributed by atoms with Crippen LogP contribution in [0.3, 0.4) is 0 Å². The van der Waals surface area contributed by atoms with Gasteiger partial charge in [-0.2, -0.15) is 0 Å². The maximum absolute atomic E-state index is 13.9. The highest BCUT2D eigenvalue weighted by Gasteiger charge is 2.36. The van der Waals surface area contributed by atoms with E-state index in [2.05, 4.69) is 5.32 Å². The van der Waals surface area contributed by atoms with Gasteiger partial charge in [0, 0.05) is 5.02 Å². The Morgan fingerprint density at radius 3 is 2.68 bits per heavy atom. The summed E-state index contributed by atoms with van der Waals surface area (Å²) in [6.07, 6.45) is 0. The highest BCUT2D eigenvalue weighted by molar-refractivity contribution is 6.30. The highest BCUT2D eigenvalue weighted by Crippen LogP contribution is 2.25. The molecular weight excluding hydrogens is 271 g/mol. The van der Waals surface area contributed by atoms with Gasteiger partial charge >= 0.3 is 0 Å². The van der Waals surface area contributed by atoms with Gasteiger partial charge in [-0.3, -0.25) is 14.5 Å². The minimum atomic E-state index is -0.628. The standard InChI is InChI=1S/C13H14ClFN2O2/c1-7(2)12-13(19)17(6-11(18)16-12)10-4-3-8(14)5-9(10)15/h3-5,7,12H,6H2,1-2H3,(H,16,18). The van der Waals surface area contributed by atoms with E-state index >= 15 is 0 Å². The van der Waals surface area contributed by atoms with Gasteiger partial charge in [-0.15, -0.1) is 0 Å². The average Bonchev–Trinajstić information content (AvgIpc) is 2.32. The molecule has 2 rings (SSSR count). The lowest BCUT2D eigenvalue weighted by Crippen LogP contribution is -2.60. The molecule has 1 heterocycles. The number of benzene rings is 1. The van der Waals surface area contributed by atoms with Crippen molar-refractivity contribution in [3.05, 3.63) is 29.0 Å². The van der Waals surface area contributed by atoms with Crippen LogP contribution in [-0.4, -0.2) is 24.4 Å². The van der Waals surface area contributed by atoms with Crippen LogP contribution in [0.25, 0.3) is 0 Å². The zero-order valence-corrected chi connectivity index (χ0v) is 11.4. The summed E-state index contributed by atoms with van der Waals surface area (Å²) in [7, 11) is 0. The number of nitrogens with zero attached hydrogens (tertiary/aromatic N) is 1. The zero-order chi connectivity index (χ0) is 14.2. The number of rotatable bonds is 2. The van der Waals surface area contributed by atoms with Crippen molar-refractivity contribution in [3.63, 3.8) is 0 Å². The topological polar surface area (TPSA) is 49.4 Å². The quantitative estimate of drug-likeness (QED) is 0.903. The van der Waals surface area contributed by atoms with Crippen LogP contribution in [0.15, 0.2) is 18.2 Å². The molecule has 0 bridgehead atoms. The summed E-state index contributed by atoms with van der Waals surface area (Å²) in [6.45, 7) is 3.47. The largest absolute Gasteiger partial charge is 0.342 e. The van der Waals surface area contributed by atoms with E-state index in [4.69, 9.17) is 11.6 Å². The van der Waals surface area contributed by atoms with E-state index in [0.29, 0.717) is 0 Å². The van der Waals surface area contributed by atoms with Gasteiger partial charge in [0.15, 0.2) is 0 Å². The minimum Gasteiger partial charge on any atom is -0.342 e. The van der Waals surface area contributed by atoms with Crippen LogP contribution < -0.4 is 10.2 Å². The van der Waals surface area contributed by atoms with Crippen LogP contribution in [0.5, 0.6) is 0 Å². The number of amides is 2. The Balaban J connectivity index is 2.37. The zero-order valence-electron chi connectivity index (χ0n) is 10.6. The Labute approximate surface area is 115 Å². The summed E-state index contributed by atoms with van der Waals surface area (Å²) in [5.74, 6) is -1.28. The minimum absolute atomic E-state index is 0.0605. The summed E-state index contributed by atoms with van der Waals surface area (Å²) in [4.78, 5) is 25.1. The van der Waals surface area contributed by atoms with Gasteiger partial charge in [0.2, 0.25) is 11.8 Å². The first-order chi connectivity index (χ1) is 8.90. The lowest BCUT2D eigenvalue weighted by Gasteiger charge is -2.34. The lowest BCUT2D eigenvalue weighted by atomic mass is 10.0. The van der Waals surface area contributed by atoms with Crippen molar-refractivity contribution in [1.82, 2.24) is 5.32 Å². The number of piperazine rings is 1. The molecule has 0 aromatic heterocycles. The van der Waals surface area contributed by atoms with Gasteiger partial charge in [-0.1, -0.05) is 25.4 Å². The van der Waals surface area contributed by atoms with Gasteiger partial charge in [0.1, 0.15) is 18.4 Å². The van der Waals surface area contributed by atoms with Crippen molar-refractivity contribution in [3.8, 4) is 0 Å². The third-order valence-corrected chi connectivity index (χ3v) is 3.25. The first-order valence-electron chi connectivity index (χ1n) is 5.96. The maximum atomic E-state index is 13.9. The Morgan fingerprint density at radius 1 is 1.42 bits per heavy atom. The predicted octanol–water partition coefficient (Wildman–Crippen LogP) is 1.97. The fourth-order valence-corrected chi connectivity index (χ4v) is 2.18. The molecule has 1 unspecified atom stereocenters. The Hall–Kier alpha value is -1.62. The molecule has 1 aromatic rings. The molecular formula is C13H14ClFN2O2. The molecule has 1 N–H and O–H groups in total. The molecule has 1 atom stereocenters. The second kappa shape index (κ2) is 5.17. The van der Waals surface area contributed by atoms with Crippen molar-refractivity contribution in [2.75, 3.05) is 11.4 Å². The molecule has 1 fully saturated rings. The molecule has 0 aliphatic carbocycles. The molecule has 0 spiro atoms. The third kappa shape index (κ3) is 2.71. The summed E-state index contributed by atoms with van der Waals surface area (Å²) in [5, 5.41) is 2.86. The number of anilines is 1. The van der Waals surface area contributed by atoms with Gasteiger partial charge in [-0.25, -0.2) is 4.39 Å². The molecule has 1 saturated heterocycles. The smallest absolute Gasteiger partial charge is 0.250 e. The number of nitrogens with one attached hydrogen (secondary N) is 1. The fraction of sp³-hybridized carbons (Fsp3) is 0.385. The molecule has 1 aliphatic heterocycles. The number of carbonyl (C=O) groups is 2. The third-order valence-electron chi connectivity index (χ3n) is 3.02. The molecule has 0 radical (unpaired) electrons. The van der Waals surface area contributed by atoms with Crippen molar-refractivity contribution in [2.45, 2.75) is 19.9 Å². The van der Waals surface area contributed by atoms with E-state index in [0.717, 1.165) is 11.0 Å². The van der Waals surface area contributed by atoms with E-state index in [1.807, 2.05) is 13.8 Å². The van der Waals surface area contributed by atoms with Crippen molar-refractivity contribution >= 4 is 29.1 Å². The summed E-state index contributed by atoms with van der Waals surface area (Å²) in [6, 6.07) is 3.40. The number of hydrogen-bond acceptors (Lipinski definition) is 2. The van der Waals surface area contributed by atoms with Crippen LogP contribution in [-0.2, 0) is 9.59 Å². The van der Waals surface area contributed by atoms with Gasteiger partial charge in [-0.05, 0) is 24.1 Å². The van der Waals surface area contributed by atoms with Gasteiger partial charge in [0.05, 0.1) is 5.69 Å². The molecule has 102 valence electrons. The van der Waals surface area contributed by atoms with E-state index in [-0.39, 0.29) is 35.0 Å². The fourth-order valence-electron chi connectivity index (χ4n) is 2.03. The number of carbonyl (C=O) groups excluding carboxylic acids is 2. The summed E-state index contributed by atoms with van der Waals surface area (Å²) < 4.78 is 13.9. The Kier molecular flexibility index (Phi) is 3.75. The SMILES string of the molecule is CC(C)C1NC(=O)CN(c2ccc(Cl)cc2F)C1=O. The van der Waals surface area contributed by atoms with Crippen LogP contribution in [0.2, 0.25) is 5.02 Å². The monoisotopic (exact) mass is 284 g/mol. The lowest BCUT2D eigenvalue weighted by molar-refractivity contribution is -0.132. The predicted molar refractivity (Wildman–Crippen MR) is 70.5 cm³/mol. The van der Waals surface area contributed by atoms with Crippen LogP contribution in [0.1, 0.15) is 13.8 Å². The van der Waals surface area contributed by atoms with Crippen molar-refractivity contribution < 1.29 is 14.0 Å². The molecule has 1 aliphatic rings. The van der Waals surface area contributed by atoms with Crippen molar-refractivity contribution in [2.24, 2.45) is 5.92 Å². The second-order valence-corrected chi connectivity index (χ2v) is 5.25. The normalized spacial score (nSPS) is 19.8. The Bertz CT molecular complexity index is 533. The van der Waals surface area contributed by atoms with E-state index in [1.165, 1.54) is 12.1 Å². The van der Waals surface area contributed by atoms with Gasteiger partial charge in [0.25, 0.3) is 0 Å². The van der Waals surface area contributed by atoms with E-state index in [1.54, 1.807) is 0 Å². The molecule has 2 amide bonds. The first kappa shape index (κ1) is 13.8. The Morgan fingerprint density at radius 2 is 2.11 bits per heavy atom. The first-order valence-corrected chi connectivity index (χ1v) is 6.33. The average molecular weight is 285 g/mol. The van der Waals surface area contributed by atoms with Crippen molar-refractivity contribution in [1.29, 1.82) is 0 Å². The van der Waals surface area contributed by atoms with Gasteiger partial charge < -0.3 is 5.32 Å².